The summed E-state index contributed by atoms with van der Waals surface area (Å²) in [5.74, 6) is 0.141. The number of nitrogens with zero attached hydrogens (tertiary/aromatic N) is 1. The minimum atomic E-state index is -0.400. The summed E-state index contributed by atoms with van der Waals surface area (Å²) in [6.07, 6.45) is 2.08. The van der Waals surface area contributed by atoms with Crippen LogP contribution in [0.2, 0.25) is 0 Å². The van der Waals surface area contributed by atoms with E-state index in [9.17, 15) is 4.79 Å². The van der Waals surface area contributed by atoms with Gasteiger partial charge in [0, 0.05) is 25.3 Å². The third-order valence-electron chi connectivity index (χ3n) is 3.91. The van der Waals surface area contributed by atoms with Crippen LogP contribution in [0, 0.1) is 5.92 Å². The van der Waals surface area contributed by atoms with Gasteiger partial charge in [-0.2, -0.15) is 0 Å². The SMILES string of the molecule is CC(C)[C@H](N)C(=O)NCCCN1CCc2ccccc21.Cl.Cl. The zero-order chi connectivity index (χ0) is 14.5. The lowest BCUT2D eigenvalue weighted by Gasteiger charge is -2.20. The predicted octanol–water partition coefficient (Wildman–Crippen LogP) is 2.38. The molecule has 0 fully saturated rings. The average Bonchev–Trinajstić information content (AvgIpc) is 2.85. The summed E-state index contributed by atoms with van der Waals surface area (Å²) < 4.78 is 0. The van der Waals surface area contributed by atoms with Crippen molar-refractivity contribution in [3.05, 3.63) is 29.8 Å². The van der Waals surface area contributed by atoms with Crippen molar-refractivity contribution >= 4 is 36.4 Å². The van der Waals surface area contributed by atoms with E-state index in [0.717, 1.165) is 25.9 Å². The van der Waals surface area contributed by atoms with E-state index >= 15 is 0 Å². The van der Waals surface area contributed by atoms with E-state index in [2.05, 4.69) is 34.5 Å². The Balaban J connectivity index is 0.00000220. The van der Waals surface area contributed by atoms with Crippen molar-refractivity contribution in [2.45, 2.75) is 32.7 Å². The summed E-state index contributed by atoms with van der Waals surface area (Å²) in [4.78, 5) is 14.1. The number of benzene rings is 1. The maximum atomic E-state index is 11.7. The Labute approximate surface area is 145 Å². The molecule has 1 heterocycles. The molecule has 0 unspecified atom stereocenters. The molecule has 126 valence electrons. The maximum absolute atomic E-state index is 11.7. The zero-order valence-corrected chi connectivity index (χ0v) is 14.9. The summed E-state index contributed by atoms with van der Waals surface area (Å²) in [5, 5.41) is 2.92. The van der Waals surface area contributed by atoms with Crippen LogP contribution < -0.4 is 16.0 Å². The number of hydrogen-bond donors (Lipinski definition) is 2. The quantitative estimate of drug-likeness (QED) is 0.776. The number of para-hydroxylation sites is 1. The topological polar surface area (TPSA) is 58.4 Å². The molecule has 0 spiro atoms. The first-order valence-corrected chi connectivity index (χ1v) is 7.45. The Morgan fingerprint density at radius 3 is 2.68 bits per heavy atom. The summed E-state index contributed by atoms with van der Waals surface area (Å²) >= 11 is 0. The molecule has 0 bridgehead atoms. The van der Waals surface area contributed by atoms with Crippen molar-refractivity contribution in [1.29, 1.82) is 0 Å². The molecule has 1 aliphatic heterocycles. The van der Waals surface area contributed by atoms with Gasteiger partial charge in [-0.25, -0.2) is 0 Å². The van der Waals surface area contributed by atoms with Crippen molar-refractivity contribution in [3.8, 4) is 0 Å². The number of amides is 1. The highest BCUT2D eigenvalue weighted by molar-refractivity contribution is 5.85. The van der Waals surface area contributed by atoms with Crippen molar-refractivity contribution in [2.75, 3.05) is 24.5 Å². The molecule has 1 amide bonds. The van der Waals surface area contributed by atoms with Gasteiger partial charge in [-0.15, -0.1) is 24.8 Å². The maximum Gasteiger partial charge on any atom is 0.237 e. The standard InChI is InChI=1S/C16H25N3O.2ClH/c1-12(2)15(17)16(20)18-9-5-10-19-11-8-13-6-3-4-7-14(13)19;;/h3-4,6-7,12,15H,5,8-11,17H2,1-2H3,(H,18,20);2*1H/t15-;;/m0../s1. The number of anilines is 1. The Hall–Kier alpha value is -0.970. The summed E-state index contributed by atoms with van der Waals surface area (Å²) in [6, 6.07) is 8.15. The molecule has 4 nitrogen and oxygen atoms in total. The van der Waals surface area contributed by atoms with E-state index in [0.29, 0.717) is 6.54 Å². The van der Waals surface area contributed by atoms with E-state index in [-0.39, 0.29) is 36.6 Å². The summed E-state index contributed by atoms with van der Waals surface area (Å²) in [7, 11) is 0. The molecule has 1 aromatic rings. The van der Waals surface area contributed by atoms with E-state index in [1.54, 1.807) is 0 Å². The molecule has 2 rings (SSSR count). The second kappa shape index (κ2) is 9.93. The highest BCUT2D eigenvalue weighted by Gasteiger charge is 2.18. The van der Waals surface area contributed by atoms with Crippen LogP contribution in [0.15, 0.2) is 24.3 Å². The van der Waals surface area contributed by atoms with Gasteiger partial charge in [0.05, 0.1) is 6.04 Å². The molecule has 6 heteroatoms. The number of nitrogens with two attached hydrogens (primary N) is 1. The van der Waals surface area contributed by atoms with Gasteiger partial charge in [-0.3, -0.25) is 4.79 Å². The molecule has 1 aromatic carbocycles. The second-order valence-corrected chi connectivity index (χ2v) is 5.78. The smallest absolute Gasteiger partial charge is 0.237 e. The van der Waals surface area contributed by atoms with Crippen LogP contribution in [0.1, 0.15) is 25.8 Å². The number of nitrogens with one attached hydrogen (secondary N) is 1. The summed E-state index contributed by atoms with van der Waals surface area (Å²) in [5.41, 5.74) is 8.58. The van der Waals surface area contributed by atoms with E-state index in [1.165, 1.54) is 11.3 Å². The van der Waals surface area contributed by atoms with Crippen molar-refractivity contribution in [3.63, 3.8) is 0 Å². The van der Waals surface area contributed by atoms with Crippen LogP contribution in [-0.4, -0.2) is 31.6 Å². The average molecular weight is 348 g/mol. The number of carbonyl (C=O) groups is 1. The minimum Gasteiger partial charge on any atom is -0.371 e. The van der Waals surface area contributed by atoms with Crippen LogP contribution in [0.3, 0.4) is 0 Å². The first kappa shape index (κ1) is 21.0. The number of halogens is 2. The van der Waals surface area contributed by atoms with Gasteiger partial charge in [0.2, 0.25) is 5.91 Å². The second-order valence-electron chi connectivity index (χ2n) is 5.78. The molecule has 0 aromatic heterocycles. The van der Waals surface area contributed by atoms with Crippen molar-refractivity contribution < 1.29 is 4.79 Å². The van der Waals surface area contributed by atoms with Crippen molar-refractivity contribution in [2.24, 2.45) is 11.7 Å². The van der Waals surface area contributed by atoms with Crippen LogP contribution in [0.25, 0.3) is 0 Å². The Morgan fingerprint density at radius 1 is 1.32 bits per heavy atom. The highest BCUT2D eigenvalue weighted by atomic mass is 35.5. The molecule has 0 saturated carbocycles. The molecule has 0 radical (unpaired) electrons. The number of fused-ring (bicyclic) bond motifs is 1. The van der Waals surface area contributed by atoms with Crippen LogP contribution in [0.5, 0.6) is 0 Å². The lowest BCUT2D eigenvalue weighted by atomic mass is 10.1. The van der Waals surface area contributed by atoms with Crippen LogP contribution in [-0.2, 0) is 11.2 Å². The van der Waals surface area contributed by atoms with Crippen molar-refractivity contribution in [1.82, 2.24) is 5.32 Å². The molecule has 3 N–H and O–H groups in total. The number of hydrogen-bond acceptors (Lipinski definition) is 3. The Kier molecular flexibility index (Phi) is 9.49. The van der Waals surface area contributed by atoms with Gasteiger partial charge in [0.15, 0.2) is 0 Å². The molecule has 0 aliphatic carbocycles. The third-order valence-corrected chi connectivity index (χ3v) is 3.91. The van der Waals surface area contributed by atoms with Gasteiger partial charge in [0.1, 0.15) is 0 Å². The molecule has 1 atom stereocenters. The molecule has 22 heavy (non-hydrogen) atoms. The minimum absolute atomic E-state index is 0. The molecular formula is C16H27Cl2N3O. The molecular weight excluding hydrogens is 321 g/mol. The fourth-order valence-corrected chi connectivity index (χ4v) is 2.54. The highest BCUT2D eigenvalue weighted by Crippen LogP contribution is 2.27. The van der Waals surface area contributed by atoms with E-state index in [4.69, 9.17) is 5.73 Å². The van der Waals surface area contributed by atoms with Gasteiger partial charge in [-0.05, 0) is 30.4 Å². The number of carbonyl (C=O) groups excluding carboxylic acids is 1. The number of rotatable bonds is 6. The zero-order valence-electron chi connectivity index (χ0n) is 13.2. The Morgan fingerprint density at radius 2 is 2.00 bits per heavy atom. The van der Waals surface area contributed by atoms with Gasteiger partial charge in [0.25, 0.3) is 0 Å². The van der Waals surface area contributed by atoms with Crippen LogP contribution in [0.4, 0.5) is 5.69 Å². The first-order valence-electron chi connectivity index (χ1n) is 7.45. The fraction of sp³-hybridized carbons (Fsp3) is 0.562. The largest absolute Gasteiger partial charge is 0.371 e. The van der Waals surface area contributed by atoms with Gasteiger partial charge in [-0.1, -0.05) is 32.0 Å². The lowest BCUT2D eigenvalue weighted by molar-refractivity contribution is -0.123. The third kappa shape index (κ3) is 5.34. The van der Waals surface area contributed by atoms with Crippen LogP contribution >= 0.6 is 24.8 Å². The van der Waals surface area contributed by atoms with E-state index < -0.39 is 6.04 Å². The fourth-order valence-electron chi connectivity index (χ4n) is 2.54. The first-order chi connectivity index (χ1) is 9.59. The predicted molar refractivity (Wildman–Crippen MR) is 97.3 cm³/mol. The van der Waals surface area contributed by atoms with Gasteiger partial charge >= 0.3 is 0 Å². The normalized spacial score (nSPS) is 13.9. The molecule has 0 saturated heterocycles. The van der Waals surface area contributed by atoms with E-state index in [1.807, 2.05) is 13.8 Å². The monoisotopic (exact) mass is 347 g/mol. The van der Waals surface area contributed by atoms with Gasteiger partial charge < -0.3 is 16.0 Å². The Bertz CT molecular complexity index is 468. The molecule has 1 aliphatic rings. The lowest BCUT2D eigenvalue weighted by Crippen LogP contribution is -2.44. The summed E-state index contributed by atoms with van der Waals surface area (Å²) in [6.45, 7) is 6.68.